The van der Waals surface area contributed by atoms with Crippen molar-refractivity contribution >= 4 is 20.4 Å². The van der Waals surface area contributed by atoms with E-state index in [0.717, 1.165) is 12.5 Å². The largest absolute Gasteiger partial charge is 0.500 e. The highest BCUT2D eigenvalue weighted by molar-refractivity contribution is 6.60. The Morgan fingerprint density at radius 3 is 1.44 bits per heavy atom. The molecule has 0 spiro atoms. The molecule has 0 aliphatic heterocycles. The molecule has 112 valence electrons. The van der Waals surface area contributed by atoms with Crippen LogP contribution in [-0.4, -0.2) is 60.5 Å². The van der Waals surface area contributed by atoms with E-state index in [1.165, 1.54) is 0 Å². The van der Waals surface area contributed by atoms with Gasteiger partial charge in [-0.15, -0.1) is 11.6 Å². The van der Waals surface area contributed by atoms with E-state index in [-0.39, 0.29) is 0 Å². The fraction of sp³-hybridized carbons (Fsp3) is 1.00. The zero-order valence-electron chi connectivity index (χ0n) is 12.8. The Bertz CT molecular complexity index is 154. The number of alkyl halides is 1. The highest BCUT2D eigenvalue weighted by Gasteiger charge is 2.39. The molecule has 0 aliphatic rings. The Kier molecular flexibility index (Phi) is 15.8. The van der Waals surface area contributed by atoms with Gasteiger partial charge in [0.25, 0.3) is 0 Å². The maximum Gasteiger partial charge on any atom is 0.500 e. The molecule has 0 heterocycles. The molecule has 0 rings (SSSR count). The quantitative estimate of drug-likeness (QED) is 0.484. The van der Waals surface area contributed by atoms with Crippen molar-refractivity contribution in [3.8, 4) is 0 Å². The lowest BCUT2D eigenvalue weighted by Gasteiger charge is -2.28. The van der Waals surface area contributed by atoms with E-state index in [2.05, 4.69) is 0 Å². The maximum absolute atomic E-state index is 5.66. The predicted octanol–water partition coefficient (Wildman–Crippen LogP) is 2.84. The summed E-state index contributed by atoms with van der Waals surface area (Å²) in [5, 5.41) is 0. The molecule has 0 fully saturated rings. The molecule has 0 aromatic heterocycles. The third-order valence-electron chi connectivity index (χ3n) is 1.71. The van der Waals surface area contributed by atoms with Crippen LogP contribution in [0.5, 0.6) is 0 Å². The molecule has 0 aromatic rings. The Morgan fingerprint density at radius 2 is 1.22 bits per heavy atom. The molecule has 0 bridgehead atoms. The molecule has 6 heteroatoms. The van der Waals surface area contributed by atoms with E-state index in [1.54, 1.807) is 0 Å². The van der Waals surface area contributed by atoms with Crippen LogP contribution in [0.2, 0.25) is 6.04 Å². The van der Waals surface area contributed by atoms with Crippen molar-refractivity contribution in [2.75, 3.05) is 46.8 Å². The van der Waals surface area contributed by atoms with Crippen LogP contribution < -0.4 is 0 Å². The highest BCUT2D eigenvalue weighted by Crippen LogP contribution is 2.18. The molecule has 0 saturated heterocycles. The molecule has 4 nitrogen and oxygen atoms in total. The number of hydrogen-bond acceptors (Lipinski definition) is 4. The van der Waals surface area contributed by atoms with Gasteiger partial charge < -0.3 is 18.2 Å². The van der Waals surface area contributed by atoms with Crippen molar-refractivity contribution in [1.29, 1.82) is 0 Å². The van der Waals surface area contributed by atoms with Gasteiger partial charge in [-0.3, -0.25) is 0 Å². The number of hydrogen-bond donors (Lipinski definition) is 0. The second-order valence-electron chi connectivity index (χ2n) is 4.12. The summed E-state index contributed by atoms with van der Waals surface area (Å²) in [5.74, 6) is 0.627. The normalized spacial score (nSPS) is 11.3. The van der Waals surface area contributed by atoms with Crippen LogP contribution in [0.25, 0.3) is 0 Å². The van der Waals surface area contributed by atoms with Gasteiger partial charge in [0, 0.05) is 31.7 Å². The van der Waals surface area contributed by atoms with Crippen LogP contribution in [0, 0.1) is 0 Å². The van der Waals surface area contributed by atoms with Crippen molar-refractivity contribution < 1.29 is 13.3 Å². The molecule has 0 amide bonds. The smallest absolute Gasteiger partial charge is 0.374 e. The molecule has 0 unspecified atom stereocenters. The van der Waals surface area contributed by atoms with Crippen LogP contribution in [0.3, 0.4) is 0 Å². The summed E-state index contributed by atoms with van der Waals surface area (Å²) in [6.07, 6.45) is 0.883. The summed E-state index contributed by atoms with van der Waals surface area (Å²) in [4.78, 5) is 2.00. The van der Waals surface area contributed by atoms with E-state index in [1.807, 2.05) is 46.8 Å². The second-order valence-corrected chi connectivity index (χ2v) is 7.23. The first-order chi connectivity index (χ1) is 8.47. The van der Waals surface area contributed by atoms with Gasteiger partial charge in [-0.1, -0.05) is 0 Å². The average molecular weight is 300 g/mol. The molecule has 0 radical (unpaired) electrons. The first-order valence-corrected chi connectivity index (χ1v) is 9.03. The van der Waals surface area contributed by atoms with Gasteiger partial charge in [0.15, 0.2) is 0 Å². The second kappa shape index (κ2) is 13.8. The predicted molar refractivity (Wildman–Crippen MR) is 80.4 cm³/mol. The fourth-order valence-electron chi connectivity index (χ4n) is 1.28. The van der Waals surface area contributed by atoms with E-state index in [0.29, 0.717) is 25.7 Å². The van der Waals surface area contributed by atoms with E-state index < -0.39 is 8.80 Å². The SMILES string of the molecule is CCO[Si](CCCCl)(OCC)OCC.CN(C)C. The lowest BCUT2D eigenvalue weighted by Crippen LogP contribution is -2.46. The fourth-order valence-corrected chi connectivity index (χ4v) is 4.25. The first kappa shape index (κ1) is 20.7. The number of rotatable bonds is 9. The minimum Gasteiger partial charge on any atom is -0.374 e. The Labute approximate surface area is 119 Å². The molecular formula is C12H30ClNO3Si. The molecule has 18 heavy (non-hydrogen) atoms. The molecule has 0 saturated carbocycles. The minimum atomic E-state index is -2.40. The first-order valence-electron chi connectivity index (χ1n) is 6.56. The van der Waals surface area contributed by atoms with Crippen LogP contribution >= 0.6 is 11.6 Å². The van der Waals surface area contributed by atoms with Crippen LogP contribution in [-0.2, 0) is 13.3 Å². The molecule has 0 atom stereocenters. The van der Waals surface area contributed by atoms with Crippen LogP contribution in [0.15, 0.2) is 0 Å². The van der Waals surface area contributed by atoms with Crippen molar-refractivity contribution in [1.82, 2.24) is 4.90 Å². The van der Waals surface area contributed by atoms with Crippen LogP contribution in [0.1, 0.15) is 27.2 Å². The van der Waals surface area contributed by atoms with Gasteiger partial charge in [-0.2, -0.15) is 0 Å². The Hall–Kier alpha value is 0.347. The summed E-state index contributed by atoms with van der Waals surface area (Å²) < 4.78 is 16.9. The van der Waals surface area contributed by atoms with Crippen molar-refractivity contribution in [3.05, 3.63) is 0 Å². The van der Waals surface area contributed by atoms with Crippen molar-refractivity contribution in [2.24, 2.45) is 0 Å². The molecule has 0 N–H and O–H groups in total. The molecular weight excluding hydrogens is 270 g/mol. The summed E-state index contributed by atoms with van der Waals surface area (Å²) in [6.45, 7) is 7.78. The van der Waals surface area contributed by atoms with E-state index >= 15 is 0 Å². The maximum atomic E-state index is 5.66. The Morgan fingerprint density at radius 1 is 0.889 bits per heavy atom. The molecule has 0 aromatic carbocycles. The lowest BCUT2D eigenvalue weighted by atomic mass is 10.6. The van der Waals surface area contributed by atoms with Gasteiger partial charge in [0.05, 0.1) is 0 Å². The van der Waals surface area contributed by atoms with E-state index in [4.69, 9.17) is 24.9 Å². The van der Waals surface area contributed by atoms with Crippen molar-refractivity contribution in [3.63, 3.8) is 0 Å². The van der Waals surface area contributed by atoms with Crippen molar-refractivity contribution in [2.45, 2.75) is 33.2 Å². The summed E-state index contributed by atoms with van der Waals surface area (Å²) in [6, 6.07) is 0.812. The summed E-state index contributed by atoms with van der Waals surface area (Å²) >= 11 is 5.66. The highest BCUT2D eigenvalue weighted by atomic mass is 35.5. The van der Waals surface area contributed by atoms with Crippen LogP contribution in [0.4, 0.5) is 0 Å². The third kappa shape index (κ3) is 12.8. The topological polar surface area (TPSA) is 30.9 Å². The number of nitrogens with zero attached hydrogens (tertiary/aromatic N) is 1. The third-order valence-corrected chi connectivity index (χ3v) is 5.13. The zero-order valence-corrected chi connectivity index (χ0v) is 14.5. The van der Waals surface area contributed by atoms with Gasteiger partial charge in [0.2, 0.25) is 0 Å². The minimum absolute atomic E-state index is 0.627. The standard InChI is InChI=1S/C9H21ClO3Si.C3H9N/c1-4-11-14(12-5-2,13-6-3)9-7-8-10;1-4(2)3/h4-9H2,1-3H3;1-3H3. The number of halogens is 1. The summed E-state index contributed by atoms with van der Waals surface area (Å²) in [7, 11) is 3.60. The summed E-state index contributed by atoms with van der Waals surface area (Å²) in [5.41, 5.74) is 0. The molecule has 0 aliphatic carbocycles. The van der Waals surface area contributed by atoms with Gasteiger partial charge in [0.1, 0.15) is 0 Å². The van der Waals surface area contributed by atoms with Gasteiger partial charge in [-0.25, -0.2) is 0 Å². The Balaban J connectivity index is 0. The van der Waals surface area contributed by atoms with Gasteiger partial charge in [-0.05, 0) is 48.3 Å². The van der Waals surface area contributed by atoms with Gasteiger partial charge >= 0.3 is 8.80 Å². The average Bonchev–Trinajstić information content (AvgIpc) is 2.27. The van der Waals surface area contributed by atoms with E-state index in [9.17, 15) is 0 Å². The lowest BCUT2D eigenvalue weighted by molar-refractivity contribution is 0.0712. The zero-order chi connectivity index (χ0) is 14.4. The monoisotopic (exact) mass is 299 g/mol.